The van der Waals surface area contributed by atoms with E-state index in [0.29, 0.717) is 13.1 Å². The fourth-order valence-corrected chi connectivity index (χ4v) is 3.59. The Hall–Kier alpha value is -2.91. The molecular formula is C25H28FN2O2+. The number of hydrogen-bond donors (Lipinski definition) is 2. The van der Waals surface area contributed by atoms with E-state index in [1.165, 1.54) is 16.5 Å². The third kappa shape index (κ3) is 6.85. The number of terminal acetylenes is 1. The molecule has 4 nitrogen and oxygen atoms in total. The van der Waals surface area contributed by atoms with Crippen LogP contribution in [0.5, 0.6) is 0 Å². The highest BCUT2D eigenvalue weighted by atomic mass is 19.1. The Labute approximate surface area is 177 Å². The largest absolute Gasteiger partial charge is 0.385 e. The van der Waals surface area contributed by atoms with E-state index in [1.807, 2.05) is 36.5 Å². The molecular weight excluding hydrogens is 379 g/mol. The number of rotatable bonds is 11. The third-order valence-electron chi connectivity index (χ3n) is 4.91. The molecule has 3 rings (SSSR count). The standard InChI is InChI=1S/C25H27FN2O2/c1-2-14-30-20-25(29)19-27(16-21-8-4-3-5-9-21)18-24-12-7-13-28(24)17-22-10-6-11-23(26)15-22/h1,3-13,15,25,29H,14,16-20H2/p+1/t25-/m1/s1. The monoisotopic (exact) mass is 407 g/mol. The Kier molecular flexibility index (Phi) is 8.22. The summed E-state index contributed by atoms with van der Waals surface area (Å²) in [5, 5.41) is 10.4. The van der Waals surface area contributed by atoms with Crippen molar-refractivity contribution in [1.29, 1.82) is 0 Å². The van der Waals surface area contributed by atoms with Crippen LogP contribution in [0.2, 0.25) is 0 Å². The fraction of sp³-hybridized carbons (Fsp3) is 0.280. The van der Waals surface area contributed by atoms with Crippen molar-refractivity contribution in [3.63, 3.8) is 0 Å². The predicted molar refractivity (Wildman–Crippen MR) is 115 cm³/mol. The van der Waals surface area contributed by atoms with Crippen molar-refractivity contribution < 1.29 is 19.1 Å². The van der Waals surface area contributed by atoms with Gasteiger partial charge in [0.05, 0.1) is 12.3 Å². The number of aromatic nitrogens is 1. The molecule has 2 atom stereocenters. The van der Waals surface area contributed by atoms with Gasteiger partial charge in [0.1, 0.15) is 38.2 Å². The molecule has 0 aliphatic rings. The van der Waals surface area contributed by atoms with Crippen LogP contribution in [-0.4, -0.2) is 35.5 Å². The Morgan fingerprint density at radius 3 is 2.60 bits per heavy atom. The first-order chi connectivity index (χ1) is 14.6. The van der Waals surface area contributed by atoms with Crippen LogP contribution in [0.15, 0.2) is 72.9 Å². The average molecular weight is 408 g/mol. The van der Waals surface area contributed by atoms with Crippen molar-refractivity contribution >= 4 is 0 Å². The van der Waals surface area contributed by atoms with Gasteiger partial charge in [0.2, 0.25) is 0 Å². The second kappa shape index (κ2) is 11.3. The molecule has 1 heterocycles. The first-order valence-corrected chi connectivity index (χ1v) is 10.1. The van der Waals surface area contributed by atoms with Gasteiger partial charge in [0.25, 0.3) is 0 Å². The number of benzene rings is 2. The van der Waals surface area contributed by atoms with Crippen molar-refractivity contribution in [2.24, 2.45) is 0 Å². The van der Waals surface area contributed by atoms with Gasteiger partial charge in [0.15, 0.2) is 0 Å². The Morgan fingerprint density at radius 2 is 1.83 bits per heavy atom. The maximum Gasteiger partial charge on any atom is 0.126 e. The molecule has 1 aromatic heterocycles. The summed E-state index contributed by atoms with van der Waals surface area (Å²) in [5.74, 6) is 2.19. The van der Waals surface area contributed by atoms with Crippen molar-refractivity contribution in [2.45, 2.75) is 25.7 Å². The fourth-order valence-electron chi connectivity index (χ4n) is 3.59. The van der Waals surface area contributed by atoms with Crippen LogP contribution in [0, 0.1) is 18.2 Å². The lowest BCUT2D eigenvalue weighted by molar-refractivity contribution is -0.931. The van der Waals surface area contributed by atoms with Gasteiger partial charge in [-0.1, -0.05) is 48.4 Å². The van der Waals surface area contributed by atoms with E-state index >= 15 is 0 Å². The van der Waals surface area contributed by atoms with Gasteiger partial charge < -0.3 is 19.3 Å². The van der Waals surface area contributed by atoms with Gasteiger partial charge in [-0.2, -0.15) is 0 Å². The summed E-state index contributed by atoms with van der Waals surface area (Å²) in [6.45, 7) is 3.05. The van der Waals surface area contributed by atoms with Gasteiger partial charge in [0, 0.05) is 18.3 Å². The molecule has 0 radical (unpaired) electrons. The van der Waals surface area contributed by atoms with E-state index in [2.05, 4.69) is 28.7 Å². The molecule has 3 aromatic rings. The summed E-state index contributed by atoms with van der Waals surface area (Å²) < 4.78 is 21.0. The van der Waals surface area contributed by atoms with Crippen LogP contribution in [0.1, 0.15) is 16.8 Å². The zero-order valence-corrected chi connectivity index (χ0v) is 17.0. The zero-order valence-electron chi connectivity index (χ0n) is 17.0. The number of quaternary nitrogens is 1. The molecule has 5 heteroatoms. The lowest BCUT2D eigenvalue weighted by Crippen LogP contribution is -3.10. The second-order valence-corrected chi connectivity index (χ2v) is 7.42. The highest BCUT2D eigenvalue weighted by molar-refractivity contribution is 5.19. The maximum atomic E-state index is 13.6. The number of hydrogen-bond acceptors (Lipinski definition) is 2. The smallest absolute Gasteiger partial charge is 0.126 e. The molecule has 0 saturated carbocycles. The van der Waals surface area contributed by atoms with Gasteiger partial charge in [-0.25, -0.2) is 4.39 Å². The minimum absolute atomic E-state index is 0.196. The van der Waals surface area contributed by atoms with E-state index in [1.54, 1.807) is 12.1 Å². The quantitative estimate of drug-likeness (QED) is 0.378. The van der Waals surface area contributed by atoms with E-state index < -0.39 is 6.10 Å². The minimum atomic E-state index is -0.608. The van der Waals surface area contributed by atoms with Crippen molar-refractivity contribution in [1.82, 2.24) is 4.57 Å². The molecule has 1 unspecified atom stereocenters. The molecule has 0 saturated heterocycles. The lowest BCUT2D eigenvalue weighted by atomic mass is 10.2. The Bertz CT molecular complexity index is 949. The first kappa shape index (κ1) is 21.8. The van der Waals surface area contributed by atoms with Crippen LogP contribution in [0.3, 0.4) is 0 Å². The summed E-state index contributed by atoms with van der Waals surface area (Å²) in [4.78, 5) is 1.21. The van der Waals surface area contributed by atoms with Gasteiger partial charge in [-0.05, 0) is 29.8 Å². The van der Waals surface area contributed by atoms with Crippen LogP contribution >= 0.6 is 0 Å². The highest BCUT2D eigenvalue weighted by Crippen LogP contribution is 2.09. The van der Waals surface area contributed by atoms with Gasteiger partial charge in [-0.15, -0.1) is 6.42 Å². The van der Waals surface area contributed by atoms with E-state index in [4.69, 9.17) is 11.2 Å². The van der Waals surface area contributed by atoms with E-state index in [0.717, 1.165) is 24.3 Å². The number of nitrogens with one attached hydrogen (secondary N) is 1. The Morgan fingerprint density at radius 1 is 1.03 bits per heavy atom. The third-order valence-corrected chi connectivity index (χ3v) is 4.91. The molecule has 0 amide bonds. The number of ether oxygens (including phenoxy) is 1. The summed E-state index contributed by atoms with van der Waals surface area (Å²) in [6.07, 6.45) is 6.61. The summed E-state index contributed by atoms with van der Waals surface area (Å²) in [7, 11) is 0. The number of nitrogens with zero attached hydrogens (tertiary/aromatic N) is 1. The van der Waals surface area contributed by atoms with Crippen molar-refractivity contribution in [2.75, 3.05) is 19.8 Å². The van der Waals surface area contributed by atoms with Crippen molar-refractivity contribution in [3.05, 3.63) is 95.6 Å². The Balaban J connectivity index is 1.71. The number of aliphatic hydroxyl groups excluding tert-OH is 1. The topological polar surface area (TPSA) is 38.8 Å². The summed E-state index contributed by atoms with van der Waals surface area (Å²) in [5.41, 5.74) is 3.24. The number of halogens is 1. The molecule has 0 bridgehead atoms. The minimum Gasteiger partial charge on any atom is -0.385 e. The van der Waals surface area contributed by atoms with E-state index in [9.17, 15) is 9.50 Å². The molecule has 0 fully saturated rings. The number of aliphatic hydroxyl groups is 1. The van der Waals surface area contributed by atoms with Crippen LogP contribution in [-0.2, 0) is 24.4 Å². The molecule has 2 N–H and O–H groups in total. The SMILES string of the molecule is C#CCOC[C@H](O)C[NH+](Cc1ccccc1)Cc1cccn1Cc1cccc(F)c1. The molecule has 0 aliphatic heterocycles. The molecule has 156 valence electrons. The lowest BCUT2D eigenvalue weighted by Gasteiger charge is -2.23. The normalized spacial score (nSPS) is 13.0. The average Bonchev–Trinajstić information content (AvgIpc) is 3.15. The van der Waals surface area contributed by atoms with E-state index in [-0.39, 0.29) is 19.0 Å². The van der Waals surface area contributed by atoms with Crippen molar-refractivity contribution in [3.8, 4) is 12.3 Å². The highest BCUT2D eigenvalue weighted by Gasteiger charge is 2.18. The molecule has 0 aliphatic carbocycles. The van der Waals surface area contributed by atoms with Crippen LogP contribution < -0.4 is 4.90 Å². The van der Waals surface area contributed by atoms with Crippen LogP contribution in [0.4, 0.5) is 4.39 Å². The molecule has 30 heavy (non-hydrogen) atoms. The molecule has 2 aromatic carbocycles. The van der Waals surface area contributed by atoms with Gasteiger partial charge >= 0.3 is 0 Å². The molecule has 0 spiro atoms. The zero-order chi connectivity index (χ0) is 21.2. The van der Waals surface area contributed by atoms with Crippen LogP contribution in [0.25, 0.3) is 0 Å². The summed E-state index contributed by atoms with van der Waals surface area (Å²) >= 11 is 0. The predicted octanol–water partition coefficient (Wildman–Crippen LogP) is 2.27. The first-order valence-electron chi connectivity index (χ1n) is 10.1. The van der Waals surface area contributed by atoms with Gasteiger partial charge in [-0.3, -0.25) is 0 Å². The maximum absolute atomic E-state index is 13.6. The second-order valence-electron chi connectivity index (χ2n) is 7.42. The summed E-state index contributed by atoms with van der Waals surface area (Å²) in [6, 6.07) is 21.0.